The topological polar surface area (TPSA) is 29.5 Å². The van der Waals surface area contributed by atoms with Crippen molar-refractivity contribution < 1.29 is 9.53 Å². The number of hydrogen-bond donors (Lipinski definition) is 0. The molecule has 0 saturated carbocycles. The monoisotopic (exact) mass is 195 g/mol. The van der Waals surface area contributed by atoms with Crippen LogP contribution < -0.4 is 0 Å². The SMILES string of the molecule is C=CC1CC(=O)N(CC2(C)COC2)C1. The number of rotatable bonds is 3. The first-order chi connectivity index (χ1) is 6.63. The second-order valence-electron chi connectivity index (χ2n) is 4.78. The van der Waals surface area contributed by atoms with Gasteiger partial charge in [0, 0.05) is 30.8 Å². The molecular weight excluding hydrogens is 178 g/mol. The smallest absolute Gasteiger partial charge is 0.223 e. The van der Waals surface area contributed by atoms with Crippen LogP contribution in [-0.4, -0.2) is 37.1 Å². The van der Waals surface area contributed by atoms with Gasteiger partial charge in [-0.25, -0.2) is 0 Å². The van der Waals surface area contributed by atoms with Crippen LogP contribution in [0.2, 0.25) is 0 Å². The Morgan fingerprint density at radius 1 is 1.71 bits per heavy atom. The van der Waals surface area contributed by atoms with Gasteiger partial charge >= 0.3 is 0 Å². The standard InChI is InChI=1S/C11H17NO2/c1-3-9-4-10(13)12(5-9)6-11(2)7-14-8-11/h3,9H,1,4-8H2,2H3. The van der Waals surface area contributed by atoms with Gasteiger partial charge in [-0.15, -0.1) is 6.58 Å². The van der Waals surface area contributed by atoms with Gasteiger partial charge in [0.15, 0.2) is 0 Å². The zero-order valence-corrected chi connectivity index (χ0v) is 8.66. The van der Waals surface area contributed by atoms with Gasteiger partial charge in [0.25, 0.3) is 0 Å². The molecule has 0 radical (unpaired) electrons. The Morgan fingerprint density at radius 2 is 2.43 bits per heavy atom. The fraction of sp³-hybridized carbons (Fsp3) is 0.727. The van der Waals surface area contributed by atoms with Crippen LogP contribution in [0.3, 0.4) is 0 Å². The van der Waals surface area contributed by atoms with Gasteiger partial charge in [-0.3, -0.25) is 4.79 Å². The third-order valence-corrected chi connectivity index (χ3v) is 3.05. The number of amides is 1. The van der Waals surface area contributed by atoms with Crippen LogP contribution in [-0.2, 0) is 9.53 Å². The maximum absolute atomic E-state index is 11.6. The first-order valence-corrected chi connectivity index (χ1v) is 5.11. The lowest BCUT2D eigenvalue weighted by molar-refractivity contribution is -0.140. The van der Waals surface area contributed by atoms with Crippen molar-refractivity contribution in [2.75, 3.05) is 26.3 Å². The largest absolute Gasteiger partial charge is 0.380 e. The van der Waals surface area contributed by atoms with Gasteiger partial charge in [-0.1, -0.05) is 13.0 Å². The molecule has 14 heavy (non-hydrogen) atoms. The van der Waals surface area contributed by atoms with Gasteiger partial charge in [-0.05, 0) is 0 Å². The lowest BCUT2D eigenvalue weighted by Crippen LogP contribution is -2.49. The van der Waals surface area contributed by atoms with Crippen LogP contribution in [0.15, 0.2) is 12.7 Å². The summed E-state index contributed by atoms with van der Waals surface area (Å²) in [5.41, 5.74) is 0.200. The Labute approximate surface area is 84.7 Å². The minimum Gasteiger partial charge on any atom is -0.380 e. The summed E-state index contributed by atoms with van der Waals surface area (Å²) in [5.74, 6) is 0.620. The van der Waals surface area contributed by atoms with Gasteiger partial charge in [0.2, 0.25) is 5.91 Å². The van der Waals surface area contributed by atoms with E-state index in [1.54, 1.807) is 0 Å². The Morgan fingerprint density at radius 3 is 2.86 bits per heavy atom. The average Bonchev–Trinajstić information content (AvgIpc) is 2.45. The minimum atomic E-state index is 0.200. The summed E-state index contributed by atoms with van der Waals surface area (Å²) in [5, 5.41) is 0. The van der Waals surface area contributed by atoms with Crippen molar-refractivity contribution in [2.45, 2.75) is 13.3 Å². The zero-order valence-electron chi connectivity index (χ0n) is 8.66. The van der Waals surface area contributed by atoms with Crippen LogP contribution in [0.25, 0.3) is 0 Å². The molecule has 3 nitrogen and oxygen atoms in total. The molecular formula is C11H17NO2. The summed E-state index contributed by atoms with van der Waals surface area (Å²) in [7, 11) is 0. The van der Waals surface area contributed by atoms with E-state index in [1.807, 2.05) is 11.0 Å². The Hall–Kier alpha value is -0.830. The van der Waals surface area contributed by atoms with Crippen LogP contribution in [0.1, 0.15) is 13.3 Å². The second-order valence-corrected chi connectivity index (χ2v) is 4.78. The minimum absolute atomic E-state index is 0.200. The van der Waals surface area contributed by atoms with E-state index in [-0.39, 0.29) is 11.3 Å². The molecule has 0 aromatic rings. The number of ether oxygens (including phenoxy) is 1. The number of hydrogen-bond acceptors (Lipinski definition) is 2. The van der Waals surface area contributed by atoms with E-state index in [1.165, 1.54) is 0 Å². The van der Waals surface area contributed by atoms with Gasteiger partial charge in [0.1, 0.15) is 0 Å². The van der Waals surface area contributed by atoms with Crippen molar-refractivity contribution in [3.8, 4) is 0 Å². The maximum Gasteiger partial charge on any atom is 0.223 e. The summed E-state index contributed by atoms with van der Waals surface area (Å²) in [4.78, 5) is 13.6. The van der Waals surface area contributed by atoms with Gasteiger partial charge in [-0.2, -0.15) is 0 Å². The summed E-state index contributed by atoms with van der Waals surface area (Å²) >= 11 is 0. The van der Waals surface area contributed by atoms with Gasteiger partial charge < -0.3 is 9.64 Å². The highest BCUT2D eigenvalue weighted by atomic mass is 16.5. The van der Waals surface area contributed by atoms with Crippen molar-refractivity contribution in [2.24, 2.45) is 11.3 Å². The molecule has 3 heteroatoms. The highest BCUT2D eigenvalue weighted by Crippen LogP contribution is 2.30. The summed E-state index contributed by atoms with van der Waals surface area (Å²) in [6.07, 6.45) is 2.53. The second kappa shape index (κ2) is 3.39. The van der Waals surface area contributed by atoms with E-state index in [4.69, 9.17) is 4.74 Å². The van der Waals surface area contributed by atoms with Gasteiger partial charge in [0.05, 0.1) is 13.2 Å². The highest BCUT2D eigenvalue weighted by molar-refractivity contribution is 5.79. The van der Waals surface area contributed by atoms with Crippen molar-refractivity contribution >= 4 is 5.91 Å². The van der Waals surface area contributed by atoms with Crippen LogP contribution in [0.4, 0.5) is 0 Å². The molecule has 1 amide bonds. The molecule has 2 aliphatic heterocycles. The molecule has 0 N–H and O–H groups in total. The lowest BCUT2D eigenvalue weighted by atomic mass is 9.88. The molecule has 78 valence electrons. The molecule has 2 fully saturated rings. The fourth-order valence-corrected chi connectivity index (χ4v) is 2.12. The summed E-state index contributed by atoms with van der Waals surface area (Å²) in [6.45, 7) is 9.17. The number of likely N-dealkylation sites (tertiary alicyclic amines) is 1. The van der Waals surface area contributed by atoms with E-state index < -0.39 is 0 Å². The number of carbonyl (C=O) groups excluding carboxylic acids is 1. The number of nitrogens with zero attached hydrogens (tertiary/aromatic N) is 1. The van der Waals surface area contributed by atoms with Crippen LogP contribution >= 0.6 is 0 Å². The quantitative estimate of drug-likeness (QED) is 0.630. The molecule has 1 atom stereocenters. The molecule has 0 spiro atoms. The van der Waals surface area contributed by atoms with Crippen molar-refractivity contribution in [1.29, 1.82) is 0 Å². The average molecular weight is 195 g/mol. The van der Waals surface area contributed by atoms with Crippen LogP contribution in [0.5, 0.6) is 0 Å². The van der Waals surface area contributed by atoms with E-state index in [2.05, 4.69) is 13.5 Å². The fourth-order valence-electron chi connectivity index (χ4n) is 2.12. The molecule has 0 bridgehead atoms. The molecule has 2 aliphatic rings. The first-order valence-electron chi connectivity index (χ1n) is 5.11. The molecule has 0 aromatic carbocycles. The predicted molar refractivity (Wildman–Crippen MR) is 53.8 cm³/mol. The van der Waals surface area contributed by atoms with E-state index in [0.717, 1.165) is 26.3 Å². The van der Waals surface area contributed by atoms with E-state index in [0.29, 0.717) is 12.3 Å². The Kier molecular flexibility index (Phi) is 2.35. The van der Waals surface area contributed by atoms with E-state index in [9.17, 15) is 4.79 Å². The Balaban J connectivity index is 1.92. The normalized spacial score (nSPS) is 30.2. The molecule has 0 aliphatic carbocycles. The highest BCUT2D eigenvalue weighted by Gasteiger charge is 2.39. The summed E-state index contributed by atoms with van der Waals surface area (Å²) in [6, 6.07) is 0. The molecule has 2 rings (SSSR count). The number of carbonyl (C=O) groups is 1. The third kappa shape index (κ3) is 1.69. The first kappa shape index (κ1) is 9.71. The molecule has 0 aromatic heterocycles. The molecule has 2 saturated heterocycles. The maximum atomic E-state index is 11.6. The summed E-state index contributed by atoms with van der Waals surface area (Å²) < 4.78 is 5.18. The van der Waals surface area contributed by atoms with E-state index >= 15 is 0 Å². The molecule has 2 heterocycles. The Bertz CT molecular complexity index is 258. The van der Waals surface area contributed by atoms with Crippen LogP contribution in [0, 0.1) is 11.3 Å². The zero-order chi connectivity index (χ0) is 10.2. The van der Waals surface area contributed by atoms with Crippen molar-refractivity contribution in [1.82, 2.24) is 4.90 Å². The van der Waals surface area contributed by atoms with Crippen molar-refractivity contribution in [3.63, 3.8) is 0 Å². The lowest BCUT2D eigenvalue weighted by Gasteiger charge is -2.40. The van der Waals surface area contributed by atoms with Crippen molar-refractivity contribution in [3.05, 3.63) is 12.7 Å². The third-order valence-electron chi connectivity index (χ3n) is 3.05. The predicted octanol–water partition coefficient (Wildman–Crippen LogP) is 1.06. The molecule has 1 unspecified atom stereocenters.